The van der Waals surface area contributed by atoms with E-state index in [1.54, 1.807) is 12.3 Å². The zero-order valence-corrected chi connectivity index (χ0v) is 8.36. The highest BCUT2D eigenvalue weighted by Crippen LogP contribution is 2.13. The van der Waals surface area contributed by atoms with Gasteiger partial charge in [-0.15, -0.1) is 11.6 Å². The van der Waals surface area contributed by atoms with Crippen LogP contribution in [0, 0.1) is 11.8 Å². The lowest BCUT2D eigenvalue weighted by molar-refractivity contribution is 1.28. The Morgan fingerprint density at radius 1 is 1.54 bits per heavy atom. The minimum absolute atomic E-state index is 0.375. The number of rotatable bonds is 1. The van der Waals surface area contributed by atoms with Crippen molar-refractivity contribution in [1.82, 2.24) is 4.98 Å². The van der Waals surface area contributed by atoms with Crippen molar-refractivity contribution in [1.29, 1.82) is 0 Å². The van der Waals surface area contributed by atoms with Crippen LogP contribution in [0.3, 0.4) is 0 Å². The summed E-state index contributed by atoms with van der Waals surface area (Å²) in [7, 11) is 0. The highest BCUT2D eigenvalue weighted by Gasteiger charge is 1.96. The van der Waals surface area contributed by atoms with Crippen molar-refractivity contribution in [2.24, 2.45) is 0 Å². The molecule has 0 saturated heterocycles. The summed E-state index contributed by atoms with van der Waals surface area (Å²) < 4.78 is 0. The van der Waals surface area contributed by atoms with Crippen LogP contribution < -0.4 is 5.73 Å². The van der Waals surface area contributed by atoms with Crippen LogP contribution in [0.2, 0.25) is 5.15 Å². The van der Waals surface area contributed by atoms with Gasteiger partial charge >= 0.3 is 0 Å². The molecule has 0 aromatic carbocycles. The molecule has 13 heavy (non-hydrogen) atoms. The Balaban J connectivity index is 2.85. The average molecular weight is 215 g/mol. The first-order valence-electron chi connectivity index (χ1n) is 3.70. The molecule has 0 bridgehead atoms. The Bertz CT molecular complexity index is 352. The Hall–Kier alpha value is -0.910. The molecule has 1 aromatic rings. The average Bonchev–Trinajstić information content (AvgIpc) is 2.09. The molecule has 4 heteroatoms. The van der Waals surface area contributed by atoms with E-state index in [-0.39, 0.29) is 0 Å². The van der Waals surface area contributed by atoms with Gasteiger partial charge in [0.25, 0.3) is 0 Å². The van der Waals surface area contributed by atoms with E-state index in [0.29, 0.717) is 28.7 Å². The van der Waals surface area contributed by atoms with E-state index >= 15 is 0 Å². The fourth-order valence-corrected chi connectivity index (χ4v) is 1.01. The van der Waals surface area contributed by atoms with Gasteiger partial charge in [-0.3, -0.25) is 0 Å². The van der Waals surface area contributed by atoms with Gasteiger partial charge in [-0.1, -0.05) is 23.4 Å². The number of pyridine rings is 1. The second-order valence-corrected chi connectivity index (χ2v) is 3.10. The van der Waals surface area contributed by atoms with E-state index in [4.69, 9.17) is 28.9 Å². The van der Waals surface area contributed by atoms with Gasteiger partial charge in [-0.25, -0.2) is 4.98 Å². The van der Waals surface area contributed by atoms with Gasteiger partial charge in [-0.2, -0.15) is 0 Å². The van der Waals surface area contributed by atoms with E-state index in [2.05, 4.69) is 16.8 Å². The van der Waals surface area contributed by atoms with Gasteiger partial charge in [0.1, 0.15) is 5.15 Å². The standard InChI is InChI=1S/C9H8Cl2N2/c10-4-2-1-3-7-6-13-9(11)5-8(7)12/h5-6H,2,4H2,(H2,12,13). The van der Waals surface area contributed by atoms with Crippen molar-refractivity contribution in [3.8, 4) is 11.8 Å². The number of hydrogen-bond acceptors (Lipinski definition) is 2. The van der Waals surface area contributed by atoms with Crippen molar-refractivity contribution in [2.45, 2.75) is 6.42 Å². The topological polar surface area (TPSA) is 38.9 Å². The number of alkyl halides is 1. The van der Waals surface area contributed by atoms with Crippen LogP contribution in [-0.2, 0) is 0 Å². The Morgan fingerprint density at radius 3 is 2.92 bits per heavy atom. The third kappa shape index (κ3) is 3.14. The maximum absolute atomic E-state index is 5.64. The number of aromatic nitrogens is 1. The molecule has 1 heterocycles. The number of nitrogens with zero attached hydrogens (tertiary/aromatic N) is 1. The maximum atomic E-state index is 5.64. The minimum atomic E-state index is 0.375. The van der Waals surface area contributed by atoms with Gasteiger partial charge in [0.2, 0.25) is 0 Å². The lowest BCUT2D eigenvalue weighted by Gasteiger charge is -1.96. The van der Waals surface area contributed by atoms with E-state index in [9.17, 15) is 0 Å². The van der Waals surface area contributed by atoms with E-state index < -0.39 is 0 Å². The summed E-state index contributed by atoms with van der Waals surface area (Å²) in [5, 5.41) is 0.375. The molecule has 0 atom stereocenters. The molecular formula is C9H8Cl2N2. The van der Waals surface area contributed by atoms with Crippen molar-refractivity contribution in [2.75, 3.05) is 11.6 Å². The van der Waals surface area contributed by atoms with Crippen molar-refractivity contribution < 1.29 is 0 Å². The van der Waals surface area contributed by atoms with Crippen molar-refractivity contribution in [3.63, 3.8) is 0 Å². The van der Waals surface area contributed by atoms with E-state index in [0.717, 1.165) is 0 Å². The first kappa shape index (κ1) is 10.2. The fraction of sp³-hybridized carbons (Fsp3) is 0.222. The molecule has 0 fully saturated rings. The second-order valence-electron chi connectivity index (χ2n) is 2.34. The molecule has 0 unspecified atom stereocenters. The van der Waals surface area contributed by atoms with Gasteiger partial charge in [0.15, 0.2) is 0 Å². The molecule has 0 aliphatic carbocycles. The monoisotopic (exact) mass is 214 g/mol. The largest absolute Gasteiger partial charge is 0.398 e. The predicted octanol–water partition coefficient (Wildman–Crippen LogP) is 2.30. The van der Waals surface area contributed by atoms with Crippen LogP contribution in [0.1, 0.15) is 12.0 Å². The van der Waals surface area contributed by atoms with Crippen LogP contribution in [0.4, 0.5) is 5.69 Å². The SMILES string of the molecule is Nc1cc(Cl)ncc1C#CCCCl. The quantitative estimate of drug-likeness (QED) is 0.443. The first-order valence-corrected chi connectivity index (χ1v) is 4.61. The zero-order valence-electron chi connectivity index (χ0n) is 6.85. The number of hydrogen-bond donors (Lipinski definition) is 1. The molecule has 2 N–H and O–H groups in total. The Morgan fingerprint density at radius 2 is 2.31 bits per heavy atom. The minimum Gasteiger partial charge on any atom is -0.398 e. The zero-order chi connectivity index (χ0) is 9.68. The fourth-order valence-electron chi connectivity index (χ4n) is 0.754. The van der Waals surface area contributed by atoms with Crippen molar-refractivity contribution >= 4 is 28.9 Å². The van der Waals surface area contributed by atoms with Gasteiger partial charge < -0.3 is 5.73 Å². The molecule has 68 valence electrons. The third-order valence-electron chi connectivity index (χ3n) is 1.35. The van der Waals surface area contributed by atoms with Gasteiger partial charge in [0, 0.05) is 18.5 Å². The third-order valence-corrected chi connectivity index (χ3v) is 1.74. The van der Waals surface area contributed by atoms with Crippen LogP contribution >= 0.6 is 23.2 Å². The molecule has 0 aliphatic rings. The van der Waals surface area contributed by atoms with E-state index in [1.807, 2.05) is 0 Å². The molecule has 0 spiro atoms. The molecule has 0 aliphatic heterocycles. The second kappa shape index (κ2) is 4.96. The highest BCUT2D eigenvalue weighted by atomic mass is 35.5. The van der Waals surface area contributed by atoms with Crippen LogP contribution in [0.5, 0.6) is 0 Å². The number of halogens is 2. The highest BCUT2D eigenvalue weighted by molar-refractivity contribution is 6.29. The molecule has 1 rings (SSSR count). The number of nitrogens with two attached hydrogens (primary N) is 1. The summed E-state index contributed by atoms with van der Waals surface area (Å²) in [6.45, 7) is 0. The van der Waals surface area contributed by atoms with Crippen LogP contribution in [-0.4, -0.2) is 10.9 Å². The summed E-state index contributed by atoms with van der Waals surface area (Å²) in [4.78, 5) is 3.87. The van der Waals surface area contributed by atoms with Crippen molar-refractivity contribution in [3.05, 3.63) is 23.0 Å². The Labute approximate surface area is 87.1 Å². The molecule has 0 amide bonds. The lowest BCUT2D eigenvalue weighted by Crippen LogP contribution is -1.91. The Kier molecular flexibility index (Phi) is 3.88. The summed E-state index contributed by atoms with van der Waals surface area (Å²) in [5.74, 6) is 6.25. The summed E-state index contributed by atoms with van der Waals surface area (Å²) in [6.07, 6.45) is 2.20. The summed E-state index contributed by atoms with van der Waals surface area (Å²) in [6, 6.07) is 1.58. The van der Waals surface area contributed by atoms with Crippen LogP contribution in [0.25, 0.3) is 0 Å². The summed E-state index contributed by atoms with van der Waals surface area (Å²) >= 11 is 11.1. The predicted molar refractivity (Wildman–Crippen MR) is 55.9 cm³/mol. The van der Waals surface area contributed by atoms with E-state index in [1.165, 1.54) is 0 Å². The molecule has 0 saturated carbocycles. The smallest absolute Gasteiger partial charge is 0.131 e. The molecule has 2 nitrogen and oxygen atoms in total. The molecule has 0 radical (unpaired) electrons. The first-order chi connectivity index (χ1) is 6.24. The van der Waals surface area contributed by atoms with Gasteiger partial charge in [-0.05, 0) is 6.07 Å². The molecular weight excluding hydrogens is 207 g/mol. The van der Waals surface area contributed by atoms with Gasteiger partial charge in [0.05, 0.1) is 11.3 Å². The maximum Gasteiger partial charge on any atom is 0.131 e. The number of nitrogen functional groups attached to an aromatic ring is 1. The van der Waals surface area contributed by atoms with Crippen LogP contribution in [0.15, 0.2) is 12.3 Å². The normalized spacial score (nSPS) is 9.08. The summed E-state index contributed by atoms with van der Waals surface area (Å²) in [5.41, 5.74) is 6.88. The number of anilines is 1. The molecule has 1 aromatic heterocycles. The lowest BCUT2D eigenvalue weighted by atomic mass is 10.2.